The number of rotatable bonds is 2. The van der Waals surface area contributed by atoms with Crippen LogP contribution in [0.4, 0.5) is 0 Å². The van der Waals surface area contributed by atoms with Gasteiger partial charge in [-0.3, -0.25) is 14.5 Å². The van der Waals surface area contributed by atoms with Crippen LogP contribution in [0.2, 0.25) is 0 Å². The van der Waals surface area contributed by atoms with Gasteiger partial charge in [-0.1, -0.05) is 28.1 Å². The average Bonchev–Trinajstić information content (AvgIpc) is 2.70. The van der Waals surface area contributed by atoms with Gasteiger partial charge < -0.3 is 0 Å². The molecule has 120 valence electrons. The lowest BCUT2D eigenvalue weighted by atomic mass is 9.49. The van der Waals surface area contributed by atoms with Crippen molar-refractivity contribution >= 4 is 27.7 Å². The van der Waals surface area contributed by atoms with E-state index in [0.29, 0.717) is 17.7 Å². The Morgan fingerprint density at radius 2 is 1.57 bits per heavy atom. The molecule has 0 saturated heterocycles. The van der Waals surface area contributed by atoms with E-state index < -0.39 is 0 Å². The third-order valence-corrected chi connectivity index (χ3v) is 7.41. The maximum absolute atomic E-state index is 12.7. The number of amides is 2. The van der Waals surface area contributed by atoms with Crippen LogP contribution in [0.15, 0.2) is 24.3 Å². The maximum Gasteiger partial charge on any atom is 0.261 e. The topological polar surface area (TPSA) is 37.4 Å². The minimum atomic E-state index is -0.0926. The number of alkyl halides is 1. The molecule has 0 radical (unpaired) electrons. The smallest absolute Gasteiger partial charge is 0.261 e. The van der Waals surface area contributed by atoms with Crippen molar-refractivity contribution in [2.75, 3.05) is 6.54 Å². The van der Waals surface area contributed by atoms with Crippen LogP contribution in [-0.4, -0.2) is 27.6 Å². The van der Waals surface area contributed by atoms with Gasteiger partial charge in [-0.2, -0.15) is 0 Å². The van der Waals surface area contributed by atoms with Crippen molar-refractivity contribution in [3.63, 3.8) is 0 Å². The molecule has 4 fully saturated rings. The fourth-order valence-electron chi connectivity index (χ4n) is 6.24. The minimum Gasteiger partial charge on any atom is -0.274 e. The molecule has 4 heteroatoms. The van der Waals surface area contributed by atoms with Crippen LogP contribution in [-0.2, 0) is 0 Å². The lowest BCUT2D eigenvalue weighted by molar-refractivity contribution is -0.0461. The predicted octanol–water partition coefficient (Wildman–Crippen LogP) is 4.02. The summed E-state index contributed by atoms with van der Waals surface area (Å²) in [7, 11) is 0. The maximum atomic E-state index is 12.7. The third kappa shape index (κ3) is 2.00. The summed E-state index contributed by atoms with van der Waals surface area (Å²) in [5, 5.41) is 0. The molecule has 0 aromatic heterocycles. The second-order valence-corrected chi connectivity index (χ2v) is 10.0. The second kappa shape index (κ2) is 4.47. The zero-order valence-corrected chi connectivity index (χ0v) is 14.6. The molecule has 1 aliphatic heterocycles. The molecule has 1 aromatic rings. The molecule has 4 aliphatic carbocycles. The van der Waals surface area contributed by atoms with E-state index >= 15 is 0 Å². The zero-order valence-electron chi connectivity index (χ0n) is 13.1. The highest BCUT2D eigenvalue weighted by atomic mass is 79.9. The van der Waals surface area contributed by atoms with Crippen molar-refractivity contribution in [1.29, 1.82) is 0 Å². The number of halogens is 1. The summed E-state index contributed by atoms with van der Waals surface area (Å²) in [5.74, 6) is 1.35. The molecule has 5 aliphatic rings. The standard InChI is InChI=1S/C19H20BrNO2/c20-19-8-12-5-13(9-19)7-18(6-12,10-19)11-21-16(22)14-3-1-2-4-15(14)17(21)23/h1-4,12-13H,5-11H2/t12-,13-,18?,19?/m0/s1. The molecule has 6 rings (SSSR count). The van der Waals surface area contributed by atoms with Crippen LogP contribution in [0.1, 0.15) is 59.2 Å². The highest BCUT2D eigenvalue weighted by Crippen LogP contribution is 2.64. The summed E-state index contributed by atoms with van der Waals surface area (Å²) >= 11 is 4.01. The summed E-state index contributed by atoms with van der Waals surface area (Å²) in [5.41, 5.74) is 1.30. The lowest BCUT2D eigenvalue weighted by Crippen LogP contribution is -2.57. The molecule has 4 bridgehead atoms. The first-order chi connectivity index (χ1) is 11.0. The number of carbonyl (C=O) groups is 2. The van der Waals surface area contributed by atoms with Gasteiger partial charge in [0.25, 0.3) is 11.8 Å². The SMILES string of the molecule is O=C1c2ccccc2C(=O)N1CC12C[C@@H]3C[C@H](CC(Br)(C3)C1)C2. The van der Waals surface area contributed by atoms with Crippen LogP contribution in [0.25, 0.3) is 0 Å². The molecule has 3 nitrogen and oxygen atoms in total. The highest BCUT2D eigenvalue weighted by molar-refractivity contribution is 9.10. The van der Waals surface area contributed by atoms with Gasteiger partial charge in [0.2, 0.25) is 0 Å². The first-order valence-corrected chi connectivity index (χ1v) is 9.41. The number of hydrogen-bond acceptors (Lipinski definition) is 2. The molecule has 0 unspecified atom stereocenters. The third-order valence-electron chi connectivity index (χ3n) is 6.48. The van der Waals surface area contributed by atoms with E-state index in [2.05, 4.69) is 15.9 Å². The Bertz CT molecular complexity index is 679. The minimum absolute atomic E-state index is 0.0926. The number of imide groups is 1. The quantitative estimate of drug-likeness (QED) is 0.579. The Hall–Kier alpha value is -1.16. The number of fused-ring (bicyclic) bond motifs is 1. The number of nitrogens with zero attached hydrogens (tertiary/aromatic N) is 1. The number of benzene rings is 1. The molecule has 2 amide bonds. The van der Waals surface area contributed by atoms with Crippen molar-refractivity contribution in [2.24, 2.45) is 17.3 Å². The average molecular weight is 374 g/mol. The zero-order chi connectivity index (χ0) is 15.8. The van der Waals surface area contributed by atoms with Crippen LogP contribution >= 0.6 is 15.9 Å². The molecule has 2 atom stereocenters. The Morgan fingerprint density at radius 3 is 2.09 bits per heavy atom. The van der Waals surface area contributed by atoms with Crippen molar-refractivity contribution in [2.45, 2.75) is 42.8 Å². The Kier molecular flexibility index (Phi) is 2.76. The first kappa shape index (κ1) is 14.2. The summed E-state index contributed by atoms with van der Waals surface area (Å²) in [6, 6.07) is 7.24. The largest absolute Gasteiger partial charge is 0.274 e. The van der Waals surface area contributed by atoms with E-state index in [-0.39, 0.29) is 21.6 Å². The number of carbonyl (C=O) groups excluding carboxylic acids is 2. The number of hydrogen-bond donors (Lipinski definition) is 0. The van der Waals surface area contributed by atoms with E-state index in [1.54, 1.807) is 12.1 Å². The van der Waals surface area contributed by atoms with E-state index in [0.717, 1.165) is 18.3 Å². The van der Waals surface area contributed by atoms with E-state index in [1.165, 1.54) is 37.0 Å². The molecule has 23 heavy (non-hydrogen) atoms. The van der Waals surface area contributed by atoms with Gasteiger partial charge in [-0.05, 0) is 67.9 Å². The van der Waals surface area contributed by atoms with Gasteiger partial charge in [0, 0.05) is 10.9 Å². The van der Waals surface area contributed by atoms with Crippen LogP contribution in [0.3, 0.4) is 0 Å². The van der Waals surface area contributed by atoms with Crippen molar-refractivity contribution in [3.8, 4) is 0 Å². The summed E-state index contributed by atoms with van der Waals surface area (Å²) in [6.07, 6.45) is 7.37. The van der Waals surface area contributed by atoms with Crippen molar-refractivity contribution in [3.05, 3.63) is 35.4 Å². The van der Waals surface area contributed by atoms with Gasteiger partial charge in [-0.15, -0.1) is 0 Å². The Balaban J connectivity index is 1.47. The van der Waals surface area contributed by atoms with Gasteiger partial charge in [-0.25, -0.2) is 0 Å². The van der Waals surface area contributed by atoms with E-state index in [4.69, 9.17) is 0 Å². The monoisotopic (exact) mass is 373 g/mol. The highest BCUT2D eigenvalue weighted by Gasteiger charge is 2.58. The second-order valence-electron chi connectivity index (χ2n) is 8.35. The van der Waals surface area contributed by atoms with Crippen LogP contribution in [0.5, 0.6) is 0 Å². The molecular formula is C19H20BrNO2. The van der Waals surface area contributed by atoms with Gasteiger partial charge >= 0.3 is 0 Å². The predicted molar refractivity (Wildman–Crippen MR) is 90.6 cm³/mol. The summed E-state index contributed by atoms with van der Waals surface area (Å²) in [6.45, 7) is 0.611. The molecule has 4 saturated carbocycles. The normalized spacial score (nSPS) is 40.8. The summed E-state index contributed by atoms with van der Waals surface area (Å²) < 4.78 is 0.260. The molecule has 1 aromatic carbocycles. The molecule has 1 heterocycles. The van der Waals surface area contributed by atoms with Crippen LogP contribution in [0, 0.1) is 17.3 Å². The van der Waals surface area contributed by atoms with Gasteiger partial charge in [0.05, 0.1) is 11.1 Å². The Morgan fingerprint density at radius 1 is 1.00 bits per heavy atom. The van der Waals surface area contributed by atoms with Crippen molar-refractivity contribution in [1.82, 2.24) is 4.90 Å². The lowest BCUT2D eigenvalue weighted by Gasteiger charge is -2.60. The van der Waals surface area contributed by atoms with Crippen molar-refractivity contribution < 1.29 is 9.59 Å². The van der Waals surface area contributed by atoms with E-state index in [1.807, 2.05) is 12.1 Å². The fourth-order valence-corrected chi connectivity index (χ4v) is 7.75. The van der Waals surface area contributed by atoms with Gasteiger partial charge in [0.15, 0.2) is 0 Å². The molecule has 0 spiro atoms. The molecular weight excluding hydrogens is 354 g/mol. The Labute approximate surface area is 144 Å². The fraction of sp³-hybridized carbons (Fsp3) is 0.579. The van der Waals surface area contributed by atoms with Crippen LogP contribution < -0.4 is 0 Å². The van der Waals surface area contributed by atoms with Gasteiger partial charge in [0.1, 0.15) is 0 Å². The van der Waals surface area contributed by atoms with E-state index in [9.17, 15) is 9.59 Å². The summed E-state index contributed by atoms with van der Waals surface area (Å²) in [4.78, 5) is 26.9. The first-order valence-electron chi connectivity index (χ1n) is 8.61. The molecule has 0 N–H and O–H groups in total.